The van der Waals surface area contributed by atoms with E-state index in [1.165, 1.54) is 0 Å². The summed E-state index contributed by atoms with van der Waals surface area (Å²) in [4.78, 5) is -0.221. The maximum absolute atomic E-state index is 9.25. The fraction of sp³-hybridized carbons (Fsp3) is 1.00. The van der Waals surface area contributed by atoms with Crippen molar-refractivity contribution in [2.45, 2.75) is 28.4 Å². The minimum absolute atomic E-state index is 0.0345. The molecule has 4 N–H and O–H groups in total. The van der Waals surface area contributed by atoms with Gasteiger partial charge in [0.2, 0.25) is 0 Å². The molecule has 0 aromatic rings. The third-order valence-corrected chi connectivity index (χ3v) is 4.70. The molecule has 11 heavy (non-hydrogen) atoms. The van der Waals surface area contributed by atoms with Crippen LogP contribution in [0.4, 0.5) is 0 Å². The van der Waals surface area contributed by atoms with Crippen LogP contribution in [0, 0.1) is 0 Å². The molecule has 0 aromatic heterocycles. The van der Waals surface area contributed by atoms with E-state index in [1.54, 1.807) is 0 Å². The van der Waals surface area contributed by atoms with Gasteiger partial charge in [0, 0.05) is 0 Å². The van der Waals surface area contributed by atoms with Crippen molar-refractivity contribution in [1.29, 1.82) is 0 Å². The van der Waals surface area contributed by atoms with Crippen LogP contribution in [0.3, 0.4) is 0 Å². The van der Waals surface area contributed by atoms with Crippen LogP contribution in [0.15, 0.2) is 0 Å². The molecule has 1 rings (SSSR count). The molecule has 0 radical (unpaired) electrons. The monoisotopic (exact) mass is 228 g/mol. The summed E-state index contributed by atoms with van der Waals surface area (Å²) in [6.07, 6.45) is -2.85. The van der Waals surface area contributed by atoms with Gasteiger partial charge in [0.05, 0.1) is 0 Å². The van der Waals surface area contributed by atoms with E-state index < -0.39 is 18.3 Å². The topological polar surface area (TPSA) is 80.9 Å². The fourth-order valence-corrected chi connectivity index (χ4v) is 3.35. The molecule has 4 nitrogen and oxygen atoms in total. The molecule has 0 aliphatic carbocycles. The van der Waals surface area contributed by atoms with E-state index in [4.69, 9.17) is 15.3 Å². The molecule has 1 saturated heterocycles. The average molecular weight is 227 g/mol. The fourth-order valence-electron chi connectivity index (χ4n) is 1.03. The van der Waals surface area contributed by atoms with Crippen molar-refractivity contribution in [3.63, 3.8) is 0 Å². The molecular weight excluding hydrogens is 215 g/mol. The summed E-state index contributed by atoms with van der Waals surface area (Å²) < 4.78 is 0. The molecule has 0 aromatic carbocycles. The summed E-state index contributed by atoms with van der Waals surface area (Å²) in [5, 5.41) is 36.7. The van der Waals surface area contributed by atoms with Gasteiger partial charge in [0.1, 0.15) is 0 Å². The minimum atomic E-state index is -1.08. The first-order valence-corrected chi connectivity index (χ1v) is 5.63. The third-order valence-electron chi connectivity index (χ3n) is 1.79. The van der Waals surface area contributed by atoms with Crippen molar-refractivity contribution in [3.8, 4) is 0 Å². The van der Waals surface area contributed by atoms with Crippen molar-refractivity contribution < 1.29 is 20.4 Å². The first-order valence-electron chi connectivity index (χ1n) is 3.43. The van der Waals surface area contributed by atoms with Crippen LogP contribution >= 0.6 is 0 Å². The Kier molecular flexibility index (Phi) is 3.30. The van der Waals surface area contributed by atoms with Gasteiger partial charge in [0.25, 0.3) is 0 Å². The van der Waals surface area contributed by atoms with Crippen molar-refractivity contribution in [3.05, 3.63) is 0 Å². The summed E-state index contributed by atoms with van der Waals surface area (Å²) in [6.45, 7) is -0.106. The first-order chi connectivity index (χ1) is 5.16. The summed E-state index contributed by atoms with van der Waals surface area (Å²) in [6, 6.07) is 0. The SMILES string of the molecule is OC[C@H]1[Se]C[C@H](O)[C@@H](O)[C@H]1O. The summed E-state index contributed by atoms with van der Waals surface area (Å²) in [7, 11) is 0. The summed E-state index contributed by atoms with van der Waals surface area (Å²) >= 11 is 0.0345. The first kappa shape index (κ1) is 9.45. The molecule has 4 atom stereocenters. The number of rotatable bonds is 1. The number of hydrogen-bond donors (Lipinski definition) is 4. The zero-order valence-electron chi connectivity index (χ0n) is 5.92. The standard InChI is InChI=1S/C6H12O4Se/c7-1-4-6(10)5(9)3(8)2-11-4/h3-10H,1-2H2/t3-,4+,5+,6-/m0/s1. The molecule has 5 heteroatoms. The van der Waals surface area contributed by atoms with Gasteiger partial charge in [-0.2, -0.15) is 0 Å². The zero-order valence-corrected chi connectivity index (χ0v) is 7.63. The Labute approximate surface area is 71.0 Å². The van der Waals surface area contributed by atoms with Crippen molar-refractivity contribution in [2.24, 2.45) is 0 Å². The zero-order chi connectivity index (χ0) is 8.43. The van der Waals surface area contributed by atoms with Crippen molar-refractivity contribution >= 4 is 15.0 Å². The summed E-state index contributed by atoms with van der Waals surface area (Å²) in [5.74, 6) is 0. The number of aliphatic hydroxyl groups excluding tert-OH is 4. The van der Waals surface area contributed by atoms with Gasteiger partial charge in [-0.15, -0.1) is 0 Å². The second-order valence-corrected chi connectivity index (χ2v) is 5.27. The van der Waals surface area contributed by atoms with E-state index in [0.29, 0.717) is 5.32 Å². The third kappa shape index (κ3) is 1.93. The van der Waals surface area contributed by atoms with Crippen LogP contribution < -0.4 is 0 Å². The molecule has 66 valence electrons. The van der Waals surface area contributed by atoms with Gasteiger partial charge >= 0.3 is 70.4 Å². The second kappa shape index (κ2) is 3.85. The van der Waals surface area contributed by atoms with E-state index >= 15 is 0 Å². The molecule has 1 fully saturated rings. The van der Waals surface area contributed by atoms with Crippen LogP contribution in [-0.4, -0.2) is 60.3 Å². The Bertz CT molecular complexity index is 130. The van der Waals surface area contributed by atoms with E-state index in [0.717, 1.165) is 0 Å². The van der Waals surface area contributed by atoms with Crippen LogP contribution in [0.1, 0.15) is 0 Å². The Morgan fingerprint density at radius 3 is 2.36 bits per heavy atom. The average Bonchev–Trinajstić information content (AvgIpc) is 2.01. The normalized spacial score (nSPS) is 45.8. The van der Waals surface area contributed by atoms with Crippen molar-refractivity contribution in [2.75, 3.05) is 6.61 Å². The van der Waals surface area contributed by atoms with Crippen LogP contribution in [-0.2, 0) is 0 Å². The molecular formula is C6H12O4Se. The van der Waals surface area contributed by atoms with Gasteiger partial charge in [0.15, 0.2) is 0 Å². The number of hydrogen-bond acceptors (Lipinski definition) is 4. The molecule has 1 aliphatic heterocycles. The van der Waals surface area contributed by atoms with Gasteiger partial charge in [-0.1, -0.05) is 0 Å². The van der Waals surface area contributed by atoms with Gasteiger partial charge in [-0.05, 0) is 0 Å². The van der Waals surface area contributed by atoms with E-state index in [2.05, 4.69) is 0 Å². The van der Waals surface area contributed by atoms with Crippen LogP contribution in [0.5, 0.6) is 0 Å². The van der Waals surface area contributed by atoms with Crippen LogP contribution in [0.25, 0.3) is 0 Å². The Balaban J connectivity index is 2.52. The van der Waals surface area contributed by atoms with Crippen LogP contribution in [0.2, 0.25) is 10.1 Å². The predicted molar refractivity (Wildman–Crippen MR) is 39.4 cm³/mol. The predicted octanol–water partition coefficient (Wildman–Crippen LogP) is -2.01. The van der Waals surface area contributed by atoms with Gasteiger partial charge in [-0.3, -0.25) is 0 Å². The quantitative estimate of drug-likeness (QED) is 0.390. The van der Waals surface area contributed by atoms with E-state index in [-0.39, 0.29) is 26.4 Å². The molecule has 0 unspecified atom stereocenters. The van der Waals surface area contributed by atoms with Gasteiger partial charge < -0.3 is 0 Å². The van der Waals surface area contributed by atoms with Crippen molar-refractivity contribution in [1.82, 2.24) is 0 Å². The molecule has 0 amide bonds. The summed E-state index contributed by atoms with van der Waals surface area (Å²) in [5.41, 5.74) is 0. The molecule has 0 spiro atoms. The Morgan fingerprint density at radius 2 is 1.82 bits per heavy atom. The van der Waals surface area contributed by atoms with Gasteiger partial charge in [-0.25, -0.2) is 0 Å². The Hall–Kier alpha value is 0.359. The Morgan fingerprint density at radius 1 is 1.18 bits per heavy atom. The van der Waals surface area contributed by atoms with E-state index in [9.17, 15) is 5.11 Å². The second-order valence-electron chi connectivity index (χ2n) is 2.60. The molecule has 0 saturated carbocycles. The number of aliphatic hydroxyl groups is 4. The molecule has 0 bridgehead atoms. The maximum atomic E-state index is 9.25. The van der Waals surface area contributed by atoms with E-state index in [1.807, 2.05) is 0 Å². The molecule has 1 aliphatic rings. The molecule has 1 heterocycles.